The Balaban J connectivity index is 1.50. The molecule has 1 unspecified atom stereocenters. The summed E-state index contributed by atoms with van der Waals surface area (Å²) in [6.45, 7) is 4.96. The fourth-order valence-electron chi connectivity index (χ4n) is 2.74. The third-order valence-electron chi connectivity index (χ3n) is 4.12. The van der Waals surface area contributed by atoms with Gasteiger partial charge in [-0.2, -0.15) is 0 Å². The quantitative estimate of drug-likeness (QED) is 0.415. The second kappa shape index (κ2) is 8.06. The molecular formula is C19H19N5OS2. The maximum absolute atomic E-state index is 5.85. The zero-order valence-corrected chi connectivity index (χ0v) is 16.7. The van der Waals surface area contributed by atoms with E-state index in [2.05, 4.69) is 44.0 Å². The Morgan fingerprint density at radius 1 is 1.07 bits per heavy atom. The van der Waals surface area contributed by atoms with E-state index in [-0.39, 0.29) is 5.25 Å². The second-order valence-corrected chi connectivity index (χ2v) is 8.24. The van der Waals surface area contributed by atoms with Gasteiger partial charge < -0.3 is 8.98 Å². The highest BCUT2D eigenvalue weighted by Crippen LogP contribution is 2.35. The molecule has 3 aromatic heterocycles. The molecule has 138 valence electrons. The number of rotatable bonds is 7. The van der Waals surface area contributed by atoms with Crippen LogP contribution in [0.25, 0.3) is 10.8 Å². The van der Waals surface area contributed by atoms with Crippen molar-refractivity contribution >= 4 is 23.1 Å². The van der Waals surface area contributed by atoms with Crippen LogP contribution in [-0.2, 0) is 13.0 Å². The molecule has 0 N–H and O–H groups in total. The van der Waals surface area contributed by atoms with Crippen LogP contribution in [0.2, 0.25) is 0 Å². The SMILES string of the molecule is CCn1c(Cc2ccccc2)nnc1SC(C)c1nnc(-c2cccs2)o1. The van der Waals surface area contributed by atoms with Gasteiger partial charge in [0.15, 0.2) is 5.16 Å². The highest BCUT2D eigenvalue weighted by atomic mass is 32.2. The lowest BCUT2D eigenvalue weighted by Crippen LogP contribution is -2.04. The van der Waals surface area contributed by atoms with E-state index in [1.807, 2.05) is 42.6 Å². The Kier molecular flexibility index (Phi) is 5.35. The zero-order chi connectivity index (χ0) is 18.6. The Hall–Kier alpha value is -2.45. The number of nitrogens with zero attached hydrogens (tertiary/aromatic N) is 5. The van der Waals surface area contributed by atoms with Crippen LogP contribution < -0.4 is 0 Å². The van der Waals surface area contributed by atoms with E-state index in [0.717, 1.165) is 28.8 Å². The standard InChI is InChI=1S/C19H19N5OS2/c1-3-24-16(12-14-8-5-4-6-9-14)20-23-19(24)27-13(2)17-21-22-18(25-17)15-10-7-11-26-15/h4-11,13H,3,12H2,1-2H3. The smallest absolute Gasteiger partial charge is 0.257 e. The molecule has 1 aromatic carbocycles. The molecule has 0 aliphatic rings. The number of benzene rings is 1. The zero-order valence-electron chi connectivity index (χ0n) is 15.1. The number of hydrogen-bond acceptors (Lipinski definition) is 7. The van der Waals surface area contributed by atoms with E-state index in [9.17, 15) is 0 Å². The molecule has 0 saturated carbocycles. The number of thioether (sulfide) groups is 1. The first kappa shape index (κ1) is 17.9. The van der Waals surface area contributed by atoms with Crippen LogP contribution in [0.3, 0.4) is 0 Å². The third kappa shape index (κ3) is 3.96. The number of aromatic nitrogens is 5. The summed E-state index contributed by atoms with van der Waals surface area (Å²) < 4.78 is 7.99. The van der Waals surface area contributed by atoms with E-state index in [4.69, 9.17) is 4.42 Å². The molecular weight excluding hydrogens is 378 g/mol. The van der Waals surface area contributed by atoms with Gasteiger partial charge in [0.2, 0.25) is 5.89 Å². The summed E-state index contributed by atoms with van der Waals surface area (Å²) in [6, 6.07) is 14.3. The van der Waals surface area contributed by atoms with Gasteiger partial charge in [0.1, 0.15) is 5.82 Å². The lowest BCUT2D eigenvalue weighted by molar-refractivity contribution is 0.509. The van der Waals surface area contributed by atoms with E-state index in [1.54, 1.807) is 23.1 Å². The molecule has 0 aliphatic heterocycles. The van der Waals surface area contributed by atoms with Crippen LogP contribution in [0.15, 0.2) is 57.4 Å². The fourth-order valence-corrected chi connectivity index (χ4v) is 4.35. The molecule has 3 heterocycles. The summed E-state index contributed by atoms with van der Waals surface area (Å²) in [5.74, 6) is 2.12. The average molecular weight is 398 g/mol. The van der Waals surface area contributed by atoms with Crippen molar-refractivity contribution in [1.82, 2.24) is 25.0 Å². The van der Waals surface area contributed by atoms with Crippen LogP contribution in [0, 0.1) is 0 Å². The normalized spacial score (nSPS) is 12.4. The molecule has 6 nitrogen and oxygen atoms in total. The highest BCUT2D eigenvalue weighted by molar-refractivity contribution is 7.99. The lowest BCUT2D eigenvalue weighted by Gasteiger charge is -2.09. The van der Waals surface area contributed by atoms with Crippen molar-refractivity contribution in [2.24, 2.45) is 0 Å². The van der Waals surface area contributed by atoms with Gasteiger partial charge in [0.05, 0.1) is 10.1 Å². The summed E-state index contributed by atoms with van der Waals surface area (Å²) in [5, 5.41) is 20.0. The van der Waals surface area contributed by atoms with Gasteiger partial charge in [-0.1, -0.05) is 48.2 Å². The van der Waals surface area contributed by atoms with Gasteiger partial charge in [0, 0.05) is 13.0 Å². The minimum atomic E-state index is -0.00899. The Bertz CT molecular complexity index is 994. The van der Waals surface area contributed by atoms with Crippen LogP contribution in [-0.4, -0.2) is 25.0 Å². The van der Waals surface area contributed by atoms with Crippen molar-refractivity contribution in [3.8, 4) is 10.8 Å². The molecule has 0 fully saturated rings. The Labute approximate surface area is 165 Å². The summed E-state index contributed by atoms with van der Waals surface area (Å²) in [7, 11) is 0. The molecule has 0 radical (unpaired) electrons. The molecule has 0 saturated heterocycles. The van der Waals surface area contributed by atoms with Crippen molar-refractivity contribution in [1.29, 1.82) is 0 Å². The number of thiophene rings is 1. The summed E-state index contributed by atoms with van der Waals surface area (Å²) in [5.41, 5.74) is 1.22. The Morgan fingerprint density at radius 2 is 1.93 bits per heavy atom. The van der Waals surface area contributed by atoms with Gasteiger partial charge in [-0.15, -0.1) is 31.7 Å². The summed E-state index contributed by atoms with van der Waals surface area (Å²) in [4.78, 5) is 0.979. The molecule has 0 amide bonds. The highest BCUT2D eigenvalue weighted by Gasteiger charge is 2.20. The maximum Gasteiger partial charge on any atom is 0.257 e. The molecule has 0 spiro atoms. The van der Waals surface area contributed by atoms with E-state index >= 15 is 0 Å². The summed E-state index contributed by atoms with van der Waals surface area (Å²) in [6.07, 6.45) is 0.764. The molecule has 4 aromatic rings. The predicted octanol–water partition coefficient (Wildman–Crippen LogP) is 4.85. The van der Waals surface area contributed by atoms with Gasteiger partial charge in [0.25, 0.3) is 5.89 Å². The predicted molar refractivity (Wildman–Crippen MR) is 107 cm³/mol. The van der Waals surface area contributed by atoms with E-state index in [1.165, 1.54) is 5.56 Å². The molecule has 0 bridgehead atoms. The Morgan fingerprint density at radius 3 is 2.67 bits per heavy atom. The van der Waals surface area contributed by atoms with E-state index < -0.39 is 0 Å². The van der Waals surface area contributed by atoms with Crippen LogP contribution in [0.1, 0.15) is 36.4 Å². The maximum atomic E-state index is 5.85. The van der Waals surface area contributed by atoms with Gasteiger partial charge in [-0.25, -0.2) is 0 Å². The average Bonchev–Trinajstić information content (AvgIpc) is 3.43. The minimum Gasteiger partial charge on any atom is -0.419 e. The minimum absolute atomic E-state index is 0.00899. The van der Waals surface area contributed by atoms with Crippen molar-refractivity contribution in [3.05, 3.63) is 65.1 Å². The van der Waals surface area contributed by atoms with Crippen molar-refractivity contribution in [2.45, 2.75) is 37.2 Å². The molecule has 4 rings (SSSR count). The number of hydrogen-bond donors (Lipinski definition) is 0. The first-order valence-corrected chi connectivity index (χ1v) is 10.5. The van der Waals surface area contributed by atoms with Crippen molar-refractivity contribution < 1.29 is 4.42 Å². The lowest BCUT2D eigenvalue weighted by atomic mass is 10.1. The fraction of sp³-hybridized carbons (Fsp3) is 0.263. The van der Waals surface area contributed by atoms with Gasteiger partial charge >= 0.3 is 0 Å². The molecule has 8 heteroatoms. The molecule has 1 atom stereocenters. The van der Waals surface area contributed by atoms with E-state index in [0.29, 0.717) is 11.8 Å². The van der Waals surface area contributed by atoms with Crippen LogP contribution in [0.5, 0.6) is 0 Å². The van der Waals surface area contributed by atoms with Crippen LogP contribution in [0.4, 0.5) is 0 Å². The van der Waals surface area contributed by atoms with Gasteiger partial charge in [-0.05, 0) is 30.9 Å². The van der Waals surface area contributed by atoms with Crippen LogP contribution >= 0.6 is 23.1 Å². The first-order chi connectivity index (χ1) is 13.2. The van der Waals surface area contributed by atoms with Crippen molar-refractivity contribution in [3.63, 3.8) is 0 Å². The third-order valence-corrected chi connectivity index (χ3v) is 6.04. The molecule has 0 aliphatic carbocycles. The molecule has 27 heavy (non-hydrogen) atoms. The first-order valence-electron chi connectivity index (χ1n) is 8.74. The largest absolute Gasteiger partial charge is 0.419 e. The monoisotopic (exact) mass is 397 g/mol. The second-order valence-electron chi connectivity index (χ2n) is 5.99. The topological polar surface area (TPSA) is 69.6 Å². The summed E-state index contributed by atoms with van der Waals surface area (Å²) >= 11 is 3.17. The van der Waals surface area contributed by atoms with Gasteiger partial charge in [-0.3, -0.25) is 0 Å². The van der Waals surface area contributed by atoms with Crippen molar-refractivity contribution in [2.75, 3.05) is 0 Å².